The Morgan fingerprint density at radius 3 is 2.58 bits per heavy atom. The van der Waals surface area contributed by atoms with E-state index >= 15 is 0 Å². The maximum absolute atomic E-state index is 13.1. The number of allylic oxidation sites excluding steroid dienone is 1. The highest BCUT2D eigenvalue weighted by molar-refractivity contribution is 6.22. The number of nitrogens with zero attached hydrogens (tertiary/aromatic N) is 1. The third-order valence-corrected chi connectivity index (χ3v) is 5.30. The van der Waals surface area contributed by atoms with Crippen molar-refractivity contribution in [2.24, 2.45) is 11.8 Å². The predicted octanol–water partition coefficient (Wildman–Crippen LogP) is 1.96. The lowest BCUT2D eigenvalue weighted by molar-refractivity contribution is -0.133. The number of ether oxygens (including phenoxy) is 3. The summed E-state index contributed by atoms with van der Waals surface area (Å²) in [5.74, 6) is 0.965. The molecule has 4 unspecified atom stereocenters. The van der Waals surface area contributed by atoms with Crippen LogP contribution in [0.4, 0.5) is 0 Å². The van der Waals surface area contributed by atoms with Crippen LogP contribution in [0.5, 0.6) is 11.5 Å². The molecular formula is C20H27NO5. The van der Waals surface area contributed by atoms with E-state index in [1.165, 1.54) is 0 Å². The lowest BCUT2D eigenvalue weighted by Crippen LogP contribution is -2.51. The first kappa shape index (κ1) is 18.7. The van der Waals surface area contributed by atoms with Crippen molar-refractivity contribution in [2.75, 3.05) is 34.9 Å². The Bertz CT molecular complexity index is 699. The molecule has 1 saturated carbocycles. The SMILES string of the molecule is COc1ccc(C2=COC3C(CCC(O)C3CN(C)C)C2=O)cc1OC. The monoisotopic (exact) mass is 361 g/mol. The van der Waals surface area contributed by atoms with Crippen molar-refractivity contribution in [1.82, 2.24) is 4.90 Å². The summed E-state index contributed by atoms with van der Waals surface area (Å²) in [4.78, 5) is 15.2. The van der Waals surface area contributed by atoms with Gasteiger partial charge in [-0.15, -0.1) is 0 Å². The van der Waals surface area contributed by atoms with E-state index in [0.717, 1.165) is 5.56 Å². The summed E-state index contributed by atoms with van der Waals surface area (Å²) in [6.45, 7) is 0.690. The van der Waals surface area contributed by atoms with Gasteiger partial charge in [0.05, 0.1) is 38.1 Å². The van der Waals surface area contributed by atoms with Crippen LogP contribution in [0, 0.1) is 11.8 Å². The fourth-order valence-electron chi connectivity index (χ4n) is 3.99. The third-order valence-electron chi connectivity index (χ3n) is 5.30. The summed E-state index contributed by atoms with van der Waals surface area (Å²) in [6, 6.07) is 5.42. The molecule has 0 spiro atoms. The van der Waals surface area contributed by atoms with Gasteiger partial charge in [0.25, 0.3) is 0 Å². The molecule has 2 aliphatic rings. The lowest BCUT2D eigenvalue weighted by atomic mass is 9.72. The third kappa shape index (κ3) is 3.44. The maximum Gasteiger partial charge on any atom is 0.173 e. The molecule has 1 aromatic rings. The number of methoxy groups -OCH3 is 2. The first-order chi connectivity index (χ1) is 12.5. The Morgan fingerprint density at radius 2 is 1.92 bits per heavy atom. The highest BCUT2D eigenvalue weighted by Gasteiger charge is 2.46. The normalized spacial score (nSPS) is 28.2. The number of ketones is 1. The van der Waals surface area contributed by atoms with Gasteiger partial charge in [-0.05, 0) is 44.6 Å². The van der Waals surface area contributed by atoms with Crippen LogP contribution in [0.3, 0.4) is 0 Å². The fourth-order valence-corrected chi connectivity index (χ4v) is 3.99. The van der Waals surface area contributed by atoms with Crippen LogP contribution in [-0.2, 0) is 9.53 Å². The van der Waals surface area contributed by atoms with Crippen molar-refractivity contribution < 1.29 is 24.1 Å². The highest BCUT2D eigenvalue weighted by atomic mass is 16.5. The van der Waals surface area contributed by atoms with Gasteiger partial charge >= 0.3 is 0 Å². The van der Waals surface area contributed by atoms with Gasteiger partial charge in [0.15, 0.2) is 17.3 Å². The summed E-state index contributed by atoms with van der Waals surface area (Å²) in [5.41, 5.74) is 1.30. The average molecular weight is 361 g/mol. The van der Waals surface area contributed by atoms with E-state index in [9.17, 15) is 9.90 Å². The Hall–Kier alpha value is -2.05. The molecule has 0 saturated heterocycles. The minimum absolute atomic E-state index is 0.0732. The molecule has 26 heavy (non-hydrogen) atoms. The molecule has 0 bridgehead atoms. The number of carbonyl (C=O) groups is 1. The standard InChI is InChI=1S/C20H27NO5/c1-21(2)10-14-16(22)7-6-13-19(23)15(11-26-20(13)14)12-5-8-17(24-3)18(9-12)25-4/h5,8-9,11,13-14,16,20,22H,6-7,10H2,1-4H3. The zero-order valence-electron chi connectivity index (χ0n) is 15.8. The lowest BCUT2D eigenvalue weighted by Gasteiger charge is -2.43. The number of Topliss-reactive ketones (excluding diaryl/α,β-unsaturated/α-hetero) is 1. The van der Waals surface area contributed by atoms with E-state index in [2.05, 4.69) is 0 Å². The largest absolute Gasteiger partial charge is 0.496 e. The molecule has 1 heterocycles. The fraction of sp³-hybridized carbons (Fsp3) is 0.550. The Morgan fingerprint density at radius 1 is 1.19 bits per heavy atom. The average Bonchev–Trinajstić information content (AvgIpc) is 2.63. The number of carbonyl (C=O) groups excluding carboxylic acids is 1. The zero-order valence-corrected chi connectivity index (χ0v) is 15.8. The quantitative estimate of drug-likeness (QED) is 0.865. The second-order valence-electron chi connectivity index (χ2n) is 7.24. The molecule has 1 aliphatic heterocycles. The number of hydrogen-bond donors (Lipinski definition) is 1. The first-order valence-corrected chi connectivity index (χ1v) is 8.91. The number of benzene rings is 1. The maximum atomic E-state index is 13.1. The van der Waals surface area contributed by atoms with Crippen molar-refractivity contribution in [3.63, 3.8) is 0 Å². The van der Waals surface area contributed by atoms with E-state index in [4.69, 9.17) is 14.2 Å². The summed E-state index contributed by atoms with van der Waals surface area (Å²) in [5, 5.41) is 10.4. The molecule has 1 aliphatic carbocycles. The Balaban J connectivity index is 1.89. The van der Waals surface area contributed by atoms with Crippen LogP contribution in [0.1, 0.15) is 18.4 Å². The zero-order chi connectivity index (χ0) is 18.8. The molecule has 0 radical (unpaired) electrons. The first-order valence-electron chi connectivity index (χ1n) is 8.91. The van der Waals surface area contributed by atoms with Crippen molar-refractivity contribution in [2.45, 2.75) is 25.0 Å². The van der Waals surface area contributed by atoms with E-state index in [1.54, 1.807) is 32.6 Å². The van der Waals surface area contributed by atoms with Gasteiger partial charge in [-0.1, -0.05) is 6.07 Å². The van der Waals surface area contributed by atoms with Gasteiger partial charge in [0, 0.05) is 12.5 Å². The molecule has 1 aromatic carbocycles. The van der Waals surface area contributed by atoms with Crippen molar-refractivity contribution in [1.29, 1.82) is 0 Å². The van der Waals surface area contributed by atoms with Crippen molar-refractivity contribution in [3.05, 3.63) is 30.0 Å². The Labute approximate surface area is 154 Å². The van der Waals surface area contributed by atoms with Gasteiger partial charge < -0.3 is 24.2 Å². The van der Waals surface area contributed by atoms with Crippen LogP contribution in [0.2, 0.25) is 0 Å². The highest BCUT2D eigenvalue weighted by Crippen LogP contribution is 2.40. The van der Waals surface area contributed by atoms with Crippen LogP contribution >= 0.6 is 0 Å². The van der Waals surface area contributed by atoms with E-state index in [-0.39, 0.29) is 23.7 Å². The molecule has 142 valence electrons. The number of aliphatic hydroxyl groups excluding tert-OH is 1. The van der Waals surface area contributed by atoms with Crippen LogP contribution in [0.15, 0.2) is 24.5 Å². The van der Waals surface area contributed by atoms with Crippen LogP contribution in [0.25, 0.3) is 5.57 Å². The minimum atomic E-state index is -0.442. The van der Waals surface area contributed by atoms with Gasteiger partial charge in [-0.3, -0.25) is 4.79 Å². The second-order valence-corrected chi connectivity index (χ2v) is 7.24. The number of aliphatic hydroxyl groups is 1. The summed E-state index contributed by atoms with van der Waals surface area (Å²) >= 11 is 0. The summed E-state index contributed by atoms with van der Waals surface area (Å²) < 4.78 is 16.6. The van der Waals surface area contributed by atoms with Gasteiger partial charge in [0.2, 0.25) is 0 Å². The van der Waals surface area contributed by atoms with Crippen LogP contribution < -0.4 is 9.47 Å². The number of hydrogen-bond acceptors (Lipinski definition) is 6. The number of fused-ring (bicyclic) bond motifs is 1. The smallest absolute Gasteiger partial charge is 0.173 e. The van der Waals surface area contributed by atoms with Crippen molar-refractivity contribution in [3.8, 4) is 11.5 Å². The number of rotatable bonds is 5. The van der Waals surface area contributed by atoms with Crippen LogP contribution in [-0.4, -0.2) is 62.9 Å². The van der Waals surface area contributed by atoms with E-state index < -0.39 is 6.10 Å². The second kappa shape index (κ2) is 7.68. The molecule has 0 aromatic heterocycles. The van der Waals surface area contributed by atoms with Gasteiger partial charge in [-0.2, -0.15) is 0 Å². The molecule has 6 nitrogen and oxygen atoms in total. The van der Waals surface area contributed by atoms with Gasteiger partial charge in [-0.25, -0.2) is 0 Å². The van der Waals surface area contributed by atoms with E-state index in [0.29, 0.717) is 36.5 Å². The summed E-state index contributed by atoms with van der Waals surface area (Å²) in [6.07, 6.45) is 2.08. The molecule has 1 N–H and O–H groups in total. The topological polar surface area (TPSA) is 68.2 Å². The molecule has 6 heteroatoms. The Kier molecular flexibility index (Phi) is 5.53. The van der Waals surface area contributed by atoms with E-state index in [1.807, 2.05) is 25.1 Å². The predicted molar refractivity (Wildman–Crippen MR) is 98.2 cm³/mol. The molecular weight excluding hydrogens is 334 g/mol. The molecule has 4 atom stereocenters. The van der Waals surface area contributed by atoms with Gasteiger partial charge in [0.1, 0.15) is 6.10 Å². The van der Waals surface area contributed by atoms with Crippen molar-refractivity contribution >= 4 is 11.4 Å². The molecule has 3 rings (SSSR count). The minimum Gasteiger partial charge on any atom is -0.496 e. The molecule has 0 amide bonds. The molecule has 1 fully saturated rings. The summed E-state index contributed by atoms with van der Waals surface area (Å²) in [7, 11) is 7.08.